The fourth-order valence-corrected chi connectivity index (χ4v) is 1.96. The number of amides is 1. The summed E-state index contributed by atoms with van der Waals surface area (Å²) in [6.45, 7) is 1.50. The lowest BCUT2D eigenvalue weighted by molar-refractivity contribution is 0.0796. The highest BCUT2D eigenvalue weighted by Gasteiger charge is 2.21. The van der Waals surface area contributed by atoms with Crippen molar-refractivity contribution in [3.8, 4) is 11.5 Å². The monoisotopic (exact) mass is 270 g/mol. The molecule has 1 aliphatic heterocycles. The van der Waals surface area contributed by atoms with Crippen LogP contribution in [0, 0.1) is 0 Å². The third-order valence-electron chi connectivity index (χ3n) is 2.72. The van der Waals surface area contributed by atoms with E-state index in [2.05, 4.69) is 5.32 Å². The molecule has 0 aliphatic carbocycles. The molecular formula is C12H15ClN2O3. The van der Waals surface area contributed by atoms with Gasteiger partial charge in [-0.15, -0.1) is 0 Å². The summed E-state index contributed by atoms with van der Waals surface area (Å²) >= 11 is 6.04. The summed E-state index contributed by atoms with van der Waals surface area (Å²) in [6.07, 6.45) is 0. The van der Waals surface area contributed by atoms with Crippen LogP contribution in [0.5, 0.6) is 11.5 Å². The molecule has 6 heteroatoms. The number of carbonyl (C=O) groups excluding carboxylic acids is 1. The number of nitrogens with zero attached hydrogens (tertiary/aromatic N) is 1. The summed E-state index contributed by atoms with van der Waals surface area (Å²) in [6, 6.07) is 3.26. The van der Waals surface area contributed by atoms with Crippen LogP contribution in [0.15, 0.2) is 12.1 Å². The Balaban J connectivity index is 2.18. The van der Waals surface area contributed by atoms with Crippen molar-refractivity contribution < 1.29 is 14.3 Å². The van der Waals surface area contributed by atoms with Gasteiger partial charge in [-0.3, -0.25) is 4.79 Å². The van der Waals surface area contributed by atoms with Gasteiger partial charge in [0, 0.05) is 25.7 Å². The lowest BCUT2D eigenvalue weighted by Crippen LogP contribution is -2.32. The van der Waals surface area contributed by atoms with Crippen LogP contribution in [-0.2, 0) is 0 Å². The van der Waals surface area contributed by atoms with E-state index < -0.39 is 0 Å². The minimum Gasteiger partial charge on any atom is -0.454 e. The van der Waals surface area contributed by atoms with Crippen molar-refractivity contribution in [1.82, 2.24) is 10.2 Å². The van der Waals surface area contributed by atoms with Crippen LogP contribution in [0.2, 0.25) is 5.02 Å². The van der Waals surface area contributed by atoms with Gasteiger partial charge in [-0.1, -0.05) is 11.6 Å². The van der Waals surface area contributed by atoms with E-state index in [9.17, 15) is 4.79 Å². The van der Waals surface area contributed by atoms with Gasteiger partial charge in [0.05, 0.1) is 5.02 Å². The summed E-state index contributed by atoms with van der Waals surface area (Å²) in [7, 11) is 3.59. The molecule has 0 unspecified atom stereocenters. The third-order valence-corrected chi connectivity index (χ3v) is 3.00. The zero-order valence-electron chi connectivity index (χ0n) is 10.3. The van der Waals surface area contributed by atoms with Gasteiger partial charge in [0.1, 0.15) is 0 Å². The Morgan fingerprint density at radius 2 is 2.28 bits per heavy atom. The van der Waals surface area contributed by atoms with E-state index >= 15 is 0 Å². The Labute approximate surface area is 111 Å². The Hall–Kier alpha value is -1.46. The molecule has 98 valence electrons. The van der Waals surface area contributed by atoms with Crippen LogP contribution in [-0.4, -0.2) is 44.8 Å². The van der Waals surface area contributed by atoms with Crippen LogP contribution < -0.4 is 14.8 Å². The molecule has 0 bridgehead atoms. The van der Waals surface area contributed by atoms with Crippen molar-refractivity contribution in [2.24, 2.45) is 0 Å². The summed E-state index contributed by atoms with van der Waals surface area (Å²) in [5, 5.41) is 3.39. The van der Waals surface area contributed by atoms with Crippen LogP contribution in [0.4, 0.5) is 0 Å². The molecule has 1 amide bonds. The number of ether oxygens (including phenoxy) is 2. The van der Waals surface area contributed by atoms with Gasteiger partial charge in [0.25, 0.3) is 5.91 Å². The fourth-order valence-electron chi connectivity index (χ4n) is 1.69. The second kappa shape index (κ2) is 5.46. The molecule has 1 N–H and O–H groups in total. The molecule has 2 rings (SSSR count). The smallest absolute Gasteiger partial charge is 0.253 e. The van der Waals surface area contributed by atoms with Crippen molar-refractivity contribution in [3.63, 3.8) is 0 Å². The standard InChI is InChI=1S/C12H15ClN2O3/c1-14-3-4-15(2)12(16)8-5-9(13)11-10(6-8)17-7-18-11/h5-6,14H,3-4,7H2,1-2H3. The van der Waals surface area contributed by atoms with Gasteiger partial charge in [-0.05, 0) is 19.2 Å². The van der Waals surface area contributed by atoms with E-state index in [1.165, 1.54) is 0 Å². The Kier molecular flexibility index (Phi) is 3.93. The molecule has 0 spiro atoms. The molecule has 0 atom stereocenters. The number of likely N-dealkylation sites (N-methyl/N-ethyl adjacent to an activating group) is 2. The number of benzene rings is 1. The lowest BCUT2D eigenvalue weighted by Gasteiger charge is -2.17. The SMILES string of the molecule is CNCCN(C)C(=O)c1cc(Cl)c2c(c1)OCO2. The highest BCUT2D eigenvalue weighted by atomic mass is 35.5. The molecule has 0 radical (unpaired) electrons. The Morgan fingerprint density at radius 3 is 3.00 bits per heavy atom. The molecule has 0 aromatic heterocycles. The zero-order chi connectivity index (χ0) is 13.1. The van der Waals surface area contributed by atoms with Gasteiger partial charge < -0.3 is 19.7 Å². The van der Waals surface area contributed by atoms with E-state index in [1.807, 2.05) is 7.05 Å². The van der Waals surface area contributed by atoms with Crippen LogP contribution in [0.3, 0.4) is 0 Å². The number of fused-ring (bicyclic) bond motifs is 1. The molecule has 0 saturated carbocycles. The molecule has 1 heterocycles. The van der Waals surface area contributed by atoms with Gasteiger partial charge >= 0.3 is 0 Å². The van der Waals surface area contributed by atoms with Crippen molar-refractivity contribution in [2.45, 2.75) is 0 Å². The average Bonchev–Trinajstić information content (AvgIpc) is 2.83. The summed E-state index contributed by atoms with van der Waals surface area (Å²) in [5.41, 5.74) is 0.503. The minimum absolute atomic E-state index is 0.0922. The van der Waals surface area contributed by atoms with E-state index in [1.54, 1.807) is 24.1 Å². The molecule has 1 aromatic rings. The largest absolute Gasteiger partial charge is 0.454 e. The molecule has 1 aliphatic rings. The first kappa shape index (κ1) is 13.0. The molecule has 0 saturated heterocycles. The molecule has 18 heavy (non-hydrogen) atoms. The average molecular weight is 271 g/mol. The lowest BCUT2D eigenvalue weighted by atomic mass is 10.1. The van der Waals surface area contributed by atoms with Crippen molar-refractivity contribution >= 4 is 17.5 Å². The van der Waals surface area contributed by atoms with Gasteiger partial charge in [-0.25, -0.2) is 0 Å². The van der Waals surface area contributed by atoms with Gasteiger partial charge in [0.2, 0.25) is 6.79 Å². The highest BCUT2D eigenvalue weighted by Crippen LogP contribution is 2.39. The summed E-state index contributed by atoms with van der Waals surface area (Å²) in [5.74, 6) is 0.935. The second-order valence-corrected chi connectivity index (χ2v) is 4.43. The van der Waals surface area contributed by atoms with Crippen molar-refractivity contribution in [2.75, 3.05) is 34.0 Å². The predicted octanol–water partition coefficient (Wildman–Crippen LogP) is 1.36. The van der Waals surface area contributed by atoms with Crippen molar-refractivity contribution in [3.05, 3.63) is 22.7 Å². The fraction of sp³-hybridized carbons (Fsp3) is 0.417. The number of nitrogens with one attached hydrogen (secondary N) is 1. The number of hydrogen-bond acceptors (Lipinski definition) is 4. The minimum atomic E-state index is -0.0922. The zero-order valence-corrected chi connectivity index (χ0v) is 11.1. The quantitative estimate of drug-likeness (QED) is 0.898. The van der Waals surface area contributed by atoms with Crippen LogP contribution in [0.1, 0.15) is 10.4 Å². The normalized spacial score (nSPS) is 12.6. The Bertz CT molecular complexity index is 465. The maximum absolute atomic E-state index is 12.1. The molecular weight excluding hydrogens is 256 g/mol. The van der Waals surface area contributed by atoms with Crippen LogP contribution >= 0.6 is 11.6 Å². The van der Waals surface area contributed by atoms with E-state index in [-0.39, 0.29) is 12.7 Å². The molecule has 0 fully saturated rings. The highest BCUT2D eigenvalue weighted by molar-refractivity contribution is 6.32. The number of hydrogen-bond donors (Lipinski definition) is 1. The summed E-state index contributed by atoms with van der Waals surface area (Å²) in [4.78, 5) is 13.8. The van der Waals surface area contributed by atoms with Crippen molar-refractivity contribution in [1.29, 1.82) is 0 Å². The number of rotatable bonds is 4. The first-order valence-electron chi connectivity index (χ1n) is 5.62. The number of carbonyl (C=O) groups is 1. The van der Waals surface area contributed by atoms with E-state index in [0.717, 1.165) is 6.54 Å². The first-order chi connectivity index (χ1) is 8.63. The van der Waals surface area contributed by atoms with E-state index in [4.69, 9.17) is 21.1 Å². The molecule has 5 nitrogen and oxygen atoms in total. The summed E-state index contributed by atoms with van der Waals surface area (Å²) < 4.78 is 10.4. The third kappa shape index (κ3) is 2.52. The predicted molar refractivity (Wildman–Crippen MR) is 68.5 cm³/mol. The van der Waals surface area contributed by atoms with Gasteiger partial charge in [-0.2, -0.15) is 0 Å². The van der Waals surface area contributed by atoms with Crippen LogP contribution in [0.25, 0.3) is 0 Å². The topological polar surface area (TPSA) is 50.8 Å². The first-order valence-corrected chi connectivity index (χ1v) is 6.00. The molecule has 1 aromatic carbocycles. The van der Waals surface area contributed by atoms with E-state index in [0.29, 0.717) is 28.6 Å². The van der Waals surface area contributed by atoms with Gasteiger partial charge in [0.15, 0.2) is 11.5 Å². The maximum Gasteiger partial charge on any atom is 0.253 e. The Morgan fingerprint density at radius 1 is 1.50 bits per heavy atom. The maximum atomic E-state index is 12.1. The number of halogens is 1. The second-order valence-electron chi connectivity index (χ2n) is 4.02.